The van der Waals surface area contributed by atoms with Gasteiger partial charge in [0.05, 0.1) is 0 Å². The summed E-state index contributed by atoms with van der Waals surface area (Å²) in [7, 11) is 1.79. The molecule has 0 aliphatic rings. The SMILES string of the molecule is Cn1nc(Cl)nc1-c1ccc(Cl)cc1. The summed E-state index contributed by atoms with van der Waals surface area (Å²) < 4.78 is 1.63. The highest BCUT2D eigenvalue weighted by Gasteiger charge is 2.06. The van der Waals surface area contributed by atoms with Gasteiger partial charge in [0, 0.05) is 17.6 Å². The highest BCUT2D eigenvalue weighted by Crippen LogP contribution is 2.20. The van der Waals surface area contributed by atoms with Gasteiger partial charge >= 0.3 is 0 Å². The lowest BCUT2D eigenvalue weighted by Crippen LogP contribution is -1.93. The number of aryl methyl sites for hydroxylation is 1. The number of halogens is 2. The molecule has 2 rings (SSSR count). The zero-order valence-electron chi connectivity index (χ0n) is 7.41. The van der Waals surface area contributed by atoms with E-state index < -0.39 is 0 Å². The molecule has 0 N–H and O–H groups in total. The van der Waals surface area contributed by atoms with E-state index in [-0.39, 0.29) is 5.28 Å². The number of aromatic nitrogens is 3. The second-order valence-electron chi connectivity index (χ2n) is 2.83. The van der Waals surface area contributed by atoms with Crippen LogP contribution < -0.4 is 0 Å². The molecule has 0 spiro atoms. The van der Waals surface area contributed by atoms with Crippen molar-refractivity contribution in [3.8, 4) is 11.4 Å². The third-order valence-corrected chi connectivity index (χ3v) is 2.25. The lowest BCUT2D eigenvalue weighted by atomic mass is 10.2. The van der Waals surface area contributed by atoms with Crippen molar-refractivity contribution in [3.05, 3.63) is 34.6 Å². The molecule has 3 nitrogen and oxygen atoms in total. The largest absolute Gasteiger partial charge is 0.247 e. The standard InChI is InChI=1S/C9H7Cl2N3/c1-14-8(12-9(11)13-14)6-2-4-7(10)5-3-6/h2-5H,1H3. The predicted octanol–water partition coefficient (Wildman–Crippen LogP) is 2.79. The molecule has 0 atom stereocenters. The normalized spacial score (nSPS) is 10.5. The van der Waals surface area contributed by atoms with E-state index in [1.54, 1.807) is 23.9 Å². The third-order valence-electron chi connectivity index (χ3n) is 1.84. The molecule has 1 aromatic carbocycles. The molecule has 0 amide bonds. The fraction of sp³-hybridized carbons (Fsp3) is 0.111. The highest BCUT2D eigenvalue weighted by atomic mass is 35.5. The smallest absolute Gasteiger partial charge is 0.242 e. The average Bonchev–Trinajstić information content (AvgIpc) is 2.47. The summed E-state index contributed by atoms with van der Waals surface area (Å²) in [4.78, 5) is 4.08. The van der Waals surface area contributed by atoms with E-state index in [4.69, 9.17) is 23.2 Å². The molecule has 2 aromatic rings. The van der Waals surface area contributed by atoms with E-state index in [1.807, 2.05) is 12.1 Å². The quantitative estimate of drug-likeness (QED) is 0.751. The molecular weight excluding hydrogens is 221 g/mol. The van der Waals surface area contributed by atoms with Crippen LogP contribution in [-0.2, 0) is 7.05 Å². The fourth-order valence-electron chi connectivity index (χ4n) is 1.20. The second-order valence-corrected chi connectivity index (χ2v) is 3.61. The van der Waals surface area contributed by atoms with Gasteiger partial charge in [0.25, 0.3) is 0 Å². The molecule has 14 heavy (non-hydrogen) atoms. The van der Waals surface area contributed by atoms with Crippen LogP contribution in [0.25, 0.3) is 11.4 Å². The minimum absolute atomic E-state index is 0.248. The van der Waals surface area contributed by atoms with Gasteiger partial charge in [-0.15, -0.1) is 5.10 Å². The summed E-state index contributed by atoms with van der Waals surface area (Å²) in [6, 6.07) is 7.37. The van der Waals surface area contributed by atoms with Crippen LogP contribution in [0.2, 0.25) is 10.3 Å². The summed E-state index contributed by atoms with van der Waals surface area (Å²) in [5.41, 5.74) is 0.941. The Morgan fingerprint density at radius 2 is 1.79 bits per heavy atom. The molecule has 0 saturated heterocycles. The molecule has 0 fully saturated rings. The average molecular weight is 228 g/mol. The van der Waals surface area contributed by atoms with Crippen molar-refractivity contribution in [2.75, 3.05) is 0 Å². The van der Waals surface area contributed by atoms with E-state index >= 15 is 0 Å². The summed E-state index contributed by atoms with van der Waals surface area (Å²) in [5, 5.41) is 4.89. The topological polar surface area (TPSA) is 30.7 Å². The first kappa shape index (κ1) is 9.49. The van der Waals surface area contributed by atoms with E-state index in [9.17, 15) is 0 Å². The van der Waals surface area contributed by atoms with Crippen LogP contribution in [0.4, 0.5) is 0 Å². The van der Waals surface area contributed by atoms with Crippen LogP contribution >= 0.6 is 23.2 Å². The predicted molar refractivity (Wildman–Crippen MR) is 56.5 cm³/mol. The second kappa shape index (κ2) is 3.59. The van der Waals surface area contributed by atoms with Crippen LogP contribution in [0.5, 0.6) is 0 Å². The Labute approximate surface area is 91.3 Å². The molecule has 72 valence electrons. The molecule has 1 aromatic heterocycles. The Balaban J connectivity index is 2.49. The first-order valence-corrected chi connectivity index (χ1v) is 4.75. The molecule has 0 saturated carbocycles. The lowest BCUT2D eigenvalue weighted by Gasteiger charge is -1.99. The summed E-state index contributed by atoms with van der Waals surface area (Å²) in [6.45, 7) is 0. The zero-order valence-corrected chi connectivity index (χ0v) is 8.92. The summed E-state index contributed by atoms with van der Waals surface area (Å²) in [5.74, 6) is 0.728. The van der Waals surface area contributed by atoms with E-state index in [1.165, 1.54) is 0 Å². The molecule has 0 bridgehead atoms. The van der Waals surface area contributed by atoms with Gasteiger partial charge in [-0.05, 0) is 35.9 Å². The maximum atomic E-state index is 5.78. The Kier molecular flexibility index (Phi) is 2.44. The summed E-state index contributed by atoms with van der Waals surface area (Å²) >= 11 is 11.5. The molecule has 1 heterocycles. The number of hydrogen-bond donors (Lipinski definition) is 0. The van der Waals surface area contributed by atoms with Gasteiger partial charge in [-0.25, -0.2) is 4.68 Å². The van der Waals surface area contributed by atoms with Crippen LogP contribution in [-0.4, -0.2) is 14.8 Å². The maximum Gasteiger partial charge on any atom is 0.242 e. The van der Waals surface area contributed by atoms with Crippen molar-refractivity contribution in [1.29, 1.82) is 0 Å². The Bertz CT molecular complexity index is 448. The first-order valence-electron chi connectivity index (χ1n) is 3.99. The number of benzene rings is 1. The van der Waals surface area contributed by atoms with Crippen molar-refractivity contribution < 1.29 is 0 Å². The Morgan fingerprint density at radius 1 is 1.14 bits per heavy atom. The fourth-order valence-corrected chi connectivity index (χ4v) is 1.52. The minimum Gasteiger partial charge on any atom is -0.247 e. The van der Waals surface area contributed by atoms with E-state index in [0.29, 0.717) is 5.02 Å². The van der Waals surface area contributed by atoms with Crippen LogP contribution in [0.15, 0.2) is 24.3 Å². The van der Waals surface area contributed by atoms with E-state index in [0.717, 1.165) is 11.4 Å². The van der Waals surface area contributed by atoms with Crippen LogP contribution in [0.3, 0.4) is 0 Å². The van der Waals surface area contributed by atoms with Crippen molar-refractivity contribution in [3.63, 3.8) is 0 Å². The Hall–Kier alpha value is -1.06. The van der Waals surface area contributed by atoms with Crippen molar-refractivity contribution >= 4 is 23.2 Å². The van der Waals surface area contributed by atoms with Gasteiger partial charge in [-0.2, -0.15) is 4.98 Å². The molecule has 0 aliphatic carbocycles. The summed E-state index contributed by atoms with van der Waals surface area (Å²) in [6.07, 6.45) is 0. The monoisotopic (exact) mass is 227 g/mol. The maximum absolute atomic E-state index is 5.78. The van der Waals surface area contributed by atoms with Gasteiger partial charge in [0.15, 0.2) is 5.82 Å². The van der Waals surface area contributed by atoms with Crippen molar-refractivity contribution in [2.24, 2.45) is 7.05 Å². The van der Waals surface area contributed by atoms with Gasteiger partial charge in [0.2, 0.25) is 5.28 Å². The number of hydrogen-bond acceptors (Lipinski definition) is 2. The Morgan fingerprint density at radius 3 is 2.29 bits per heavy atom. The van der Waals surface area contributed by atoms with Gasteiger partial charge in [-0.1, -0.05) is 11.6 Å². The van der Waals surface area contributed by atoms with E-state index in [2.05, 4.69) is 10.1 Å². The molecule has 0 aliphatic heterocycles. The van der Waals surface area contributed by atoms with Crippen molar-refractivity contribution in [1.82, 2.24) is 14.8 Å². The molecule has 0 radical (unpaired) electrons. The van der Waals surface area contributed by atoms with Crippen LogP contribution in [0, 0.1) is 0 Å². The minimum atomic E-state index is 0.248. The molecule has 5 heteroatoms. The molecular formula is C9H7Cl2N3. The zero-order chi connectivity index (χ0) is 10.1. The van der Waals surface area contributed by atoms with Gasteiger partial charge in [-0.3, -0.25) is 0 Å². The van der Waals surface area contributed by atoms with Gasteiger partial charge < -0.3 is 0 Å². The number of rotatable bonds is 1. The molecule has 0 unspecified atom stereocenters. The van der Waals surface area contributed by atoms with Crippen LogP contribution in [0.1, 0.15) is 0 Å². The third kappa shape index (κ3) is 1.74. The first-order chi connectivity index (χ1) is 6.66. The lowest BCUT2D eigenvalue weighted by molar-refractivity contribution is 0.775. The van der Waals surface area contributed by atoms with Gasteiger partial charge in [0.1, 0.15) is 0 Å². The number of nitrogens with zero attached hydrogens (tertiary/aromatic N) is 3. The van der Waals surface area contributed by atoms with Crippen molar-refractivity contribution in [2.45, 2.75) is 0 Å². The highest BCUT2D eigenvalue weighted by molar-refractivity contribution is 6.30.